The molecular formula is C21H27Cl2NO2. The summed E-state index contributed by atoms with van der Waals surface area (Å²) in [6.07, 6.45) is 1.17. The minimum Gasteiger partial charge on any atom is -0.490 e. The SMILES string of the molecule is CCOc1cc(CNCCC(C)C)ccc1OCc1ccc(Cl)cc1Cl. The van der Waals surface area contributed by atoms with Crippen LogP contribution in [0.15, 0.2) is 36.4 Å². The molecule has 1 N–H and O–H groups in total. The summed E-state index contributed by atoms with van der Waals surface area (Å²) in [4.78, 5) is 0. The van der Waals surface area contributed by atoms with Crippen molar-refractivity contribution < 1.29 is 9.47 Å². The highest BCUT2D eigenvalue weighted by molar-refractivity contribution is 6.35. The Morgan fingerprint density at radius 1 is 1.00 bits per heavy atom. The van der Waals surface area contributed by atoms with Crippen LogP contribution in [0.3, 0.4) is 0 Å². The predicted molar refractivity (Wildman–Crippen MR) is 110 cm³/mol. The molecule has 0 atom stereocenters. The zero-order chi connectivity index (χ0) is 18.9. The van der Waals surface area contributed by atoms with E-state index in [0.29, 0.717) is 34.9 Å². The lowest BCUT2D eigenvalue weighted by atomic mass is 10.1. The quantitative estimate of drug-likeness (QED) is 0.492. The molecule has 142 valence electrons. The molecule has 0 saturated heterocycles. The first-order valence-electron chi connectivity index (χ1n) is 9.02. The molecule has 2 aromatic rings. The van der Waals surface area contributed by atoms with E-state index in [0.717, 1.165) is 24.4 Å². The van der Waals surface area contributed by atoms with Crippen molar-refractivity contribution >= 4 is 23.2 Å². The van der Waals surface area contributed by atoms with Gasteiger partial charge in [0.05, 0.1) is 6.61 Å². The van der Waals surface area contributed by atoms with Gasteiger partial charge in [0.25, 0.3) is 0 Å². The number of hydrogen-bond donors (Lipinski definition) is 1. The van der Waals surface area contributed by atoms with Crippen molar-refractivity contribution in [1.29, 1.82) is 0 Å². The van der Waals surface area contributed by atoms with E-state index in [9.17, 15) is 0 Å². The number of hydrogen-bond acceptors (Lipinski definition) is 3. The van der Waals surface area contributed by atoms with Gasteiger partial charge in [-0.1, -0.05) is 49.2 Å². The van der Waals surface area contributed by atoms with Crippen molar-refractivity contribution in [2.24, 2.45) is 5.92 Å². The molecule has 26 heavy (non-hydrogen) atoms. The van der Waals surface area contributed by atoms with E-state index < -0.39 is 0 Å². The van der Waals surface area contributed by atoms with Crippen molar-refractivity contribution in [3.63, 3.8) is 0 Å². The van der Waals surface area contributed by atoms with Gasteiger partial charge in [0.1, 0.15) is 6.61 Å². The molecule has 3 nitrogen and oxygen atoms in total. The van der Waals surface area contributed by atoms with Crippen LogP contribution in [0.4, 0.5) is 0 Å². The summed E-state index contributed by atoms with van der Waals surface area (Å²) in [5.41, 5.74) is 2.06. The van der Waals surface area contributed by atoms with Crippen LogP contribution in [0.25, 0.3) is 0 Å². The molecule has 5 heteroatoms. The maximum absolute atomic E-state index is 6.21. The molecule has 0 spiro atoms. The van der Waals surface area contributed by atoms with Crippen LogP contribution < -0.4 is 14.8 Å². The fraction of sp³-hybridized carbons (Fsp3) is 0.429. The number of rotatable bonds is 10. The molecule has 0 amide bonds. The van der Waals surface area contributed by atoms with E-state index in [1.807, 2.05) is 31.2 Å². The second-order valence-electron chi connectivity index (χ2n) is 6.60. The maximum Gasteiger partial charge on any atom is 0.161 e. The zero-order valence-corrected chi connectivity index (χ0v) is 17.2. The van der Waals surface area contributed by atoms with Crippen LogP contribution in [0.1, 0.15) is 38.3 Å². The Morgan fingerprint density at radius 2 is 1.81 bits per heavy atom. The minimum absolute atomic E-state index is 0.363. The van der Waals surface area contributed by atoms with Gasteiger partial charge in [0.15, 0.2) is 11.5 Å². The molecule has 0 aliphatic rings. The molecule has 0 bridgehead atoms. The van der Waals surface area contributed by atoms with E-state index in [1.54, 1.807) is 6.07 Å². The van der Waals surface area contributed by atoms with Gasteiger partial charge in [0.2, 0.25) is 0 Å². The third-order valence-electron chi connectivity index (χ3n) is 3.93. The summed E-state index contributed by atoms with van der Waals surface area (Å²) >= 11 is 12.1. The van der Waals surface area contributed by atoms with Crippen LogP contribution in [0, 0.1) is 5.92 Å². The van der Waals surface area contributed by atoms with Crippen LogP contribution in [0.5, 0.6) is 11.5 Å². The summed E-state index contributed by atoms with van der Waals surface area (Å²) in [6, 6.07) is 11.4. The summed E-state index contributed by atoms with van der Waals surface area (Å²) in [7, 11) is 0. The Balaban J connectivity index is 2.00. The third kappa shape index (κ3) is 6.71. The summed E-state index contributed by atoms with van der Waals surface area (Å²) < 4.78 is 11.7. The largest absolute Gasteiger partial charge is 0.490 e. The fourth-order valence-electron chi connectivity index (χ4n) is 2.47. The monoisotopic (exact) mass is 395 g/mol. The highest BCUT2D eigenvalue weighted by Crippen LogP contribution is 2.30. The first-order valence-corrected chi connectivity index (χ1v) is 9.78. The molecule has 0 aromatic heterocycles. The Labute approximate surface area is 166 Å². The van der Waals surface area contributed by atoms with Crippen molar-refractivity contribution in [2.45, 2.75) is 40.3 Å². The molecule has 0 unspecified atom stereocenters. The smallest absolute Gasteiger partial charge is 0.161 e. The highest BCUT2D eigenvalue weighted by atomic mass is 35.5. The van der Waals surface area contributed by atoms with Gasteiger partial charge >= 0.3 is 0 Å². The topological polar surface area (TPSA) is 30.5 Å². The van der Waals surface area contributed by atoms with Crippen molar-refractivity contribution in [1.82, 2.24) is 5.32 Å². The van der Waals surface area contributed by atoms with E-state index in [1.165, 1.54) is 12.0 Å². The van der Waals surface area contributed by atoms with Crippen molar-refractivity contribution in [2.75, 3.05) is 13.2 Å². The number of halogens is 2. The van der Waals surface area contributed by atoms with Crippen molar-refractivity contribution in [3.8, 4) is 11.5 Å². The number of nitrogens with one attached hydrogen (secondary N) is 1. The zero-order valence-electron chi connectivity index (χ0n) is 15.6. The van der Waals surface area contributed by atoms with Gasteiger partial charge in [-0.2, -0.15) is 0 Å². The molecular weight excluding hydrogens is 369 g/mol. The van der Waals surface area contributed by atoms with Crippen LogP contribution >= 0.6 is 23.2 Å². The minimum atomic E-state index is 0.363. The van der Waals surface area contributed by atoms with E-state index in [4.69, 9.17) is 32.7 Å². The number of ether oxygens (including phenoxy) is 2. The lowest BCUT2D eigenvalue weighted by Gasteiger charge is -2.14. The number of benzene rings is 2. The molecule has 2 aromatic carbocycles. The average Bonchev–Trinajstić information content (AvgIpc) is 2.59. The Hall–Kier alpha value is -1.42. The van der Waals surface area contributed by atoms with Gasteiger partial charge in [-0.05, 0) is 55.6 Å². The summed E-state index contributed by atoms with van der Waals surface area (Å²) in [5.74, 6) is 2.17. The van der Waals surface area contributed by atoms with Crippen LogP contribution in [0.2, 0.25) is 10.0 Å². The predicted octanol–water partition coefficient (Wildman–Crippen LogP) is 6.11. The first-order chi connectivity index (χ1) is 12.5. The second-order valence-corrected chi connectivity index (χ2v) is 7.44. The molecule has 0 fully saturated rings. The first kappa shape index (κ1) is 20.9. The Morgan fingerprint density at radius 3 is 2.50 bits per heavy atom. The van der Waals surface area contributed by atoms with Crippen molar-refractivity contribution in [3.05, 3.63) is 57.6 Å². The standard InChI is InChI=1S/C21H27Cl2NO2/c1-4-25-21-11-16(13-24-10-9-15(2)3)5-8-20(21)26-14-17-6-7-18(22)12-19(17)23/h5-8,11-12,15,24H,4,9-10,13-14H2,1-3H3. The molecule has 0 saturated carbocycles. The lowest BCUT2D eigenvalue weighted by Crippen LogP contribution is -2.16. The maximum atomic E-state index is 6.21. The van der Waals surface area contributed by atoms with Gasteiger partial charge in [-0.3, -0.25) is 0 Å². The average molecular weight is 396 g/mol. The van der Waals surface area contributed by atoms with E-state index >= 15 is 0 Å². The molecule has 0 heterocycles. The summed E-state index contributed by atoms with van der Waals surface area (Å²) in [5, 5.41) is 4.68. The van der Waals surface area contributed by atoms with E-state index in [2.05, 4.69) is 25.2 Å². The summed E-state index contributed by atoms with van der Waals surface area (Å²) in [6.45, 7) is 9.20. The van der Waals surface area contributed by atoms with Crippen LogP contribution in [-0.2, 0) is 13.2 Å². The third-order valence-corrected chi connectivity index (χ3v) is 4.52. The van der Waals surface area contributed by atoms with E-state index in [-0.39, 0.29) is 0 Å². The Bertz CT molecular complexity index is 704. The molecule has 2 rings (SSSR count). The fourth-order valence-corrected chi connectivity index (χ4v) is 2.93. The van der Waals surface area contributed by atoms with Gasteiger partial charge in [0, 0.05) is 22.2 Å². The lowest BCUT2D eigenvalue weighted by molar-refractivity contribution is 0.269. The van der Waals surface area contributed by atoms with Crippen LogP contribution in [-0.4, -0.2) is 13.2 Å². The normalized spacial score (nSPS) is 11.0. The van der Waals surface area contributed by atoms with Gasteiger partial charge in [-0.15, -0.1) is 0 Å². The molecule has 0 aliphatic carbocycles. The second kappa shape index (κ2) is 10.7. The Kier molecular flexibility index (Phi) is 8.56. The van der Waals surface area contributed by atoms with Gasteiger partial charge < -0.3 is 14.8 Å². The highest BCUT2D eigenvalue weighted by Gasteiger charge is 2.09. The van der Waals surface area contributed by atoms with Gasteiger partial charge in [-0.25, -0.2) is 0 Å². The molecule has 0 aliphatic heterocycles. The molecule has 0 radical (unpaired) electrons.